The lowest BCUT2D eigenvalue weighted by atomic mass is 10.2. The molecule has 0 saturated heterocycles. The number of fused-ring (bicyclic) bond motifs is 1. The number of rotatable bonds is 4. The van der Waals surface area contributed by atoms with Gasteiger partial charge in [0.15, 0.2) is 5.75 Å². The SMILES string of the molecule is Nc1ccc(Br)c(Oc2ccc3[nH]cc(S(=O)(=O)c4ccccc4)c3c2)c1Br. The number of sulfone groups is 1. The van der Waals surface area contributed by atoms with Crippen LogP contribution in [-0.4, -0.2) is 13.4 Å². The molecule has 3 N–H and O–H groups in total. The summed E-state index contributed by atoms with van der Waals surface area (Å²) < 4.78 is 33.4. The Morgan fingerprint density at radius 3 is 2.46 bits per heavy atom. The van der Waals surface area contributed by atoms with Gasteiger partial charge >= 0.3 is 0 Å². The molecule has 0 aliphatic carbocycles. The number of nitrogens with two attached hydrogens (primary N) is 1. The minimum Gasteiger partial charge on any atom is -0.455 e. The van der Waals surface area contributed by atoms with Crippen LogP contribution in [0.1, 0.15) is 0 Å². The Bertz CT molecular complexity index is 1290. The molecule has 4 aromatic rings. The molecule has 0 saturated carbocycles. The van der Waals surface area contributed by atoms with Gasteiger partial charge in [0.2, 0.25) is 9.84 Å². The fourth-order valence-corrected chi connectivity index (χ4v) is 5.39. The second-order valence-electron chi connectivity index (χ2n) is 6.06. The number of halogens is 2. The van der Waals surface area contributed by atoms with Crippen LogP contribution in [0.15, 0.2) is 85.6 Å². The monoisotopic (exact) mass is 520 g/mol. The van der Waals surface area contributed by atoms with Crippen LogP contribution in [-0.2, 0) is 9.84 Å². The van der Waals surface area contributed by atoms with Gasteiger partial charge < -0.3 is 15.5 Å². The lowest BCUT2D eigenvalue weighted by molar-refractivity contribution is 0.477. The zero-order valence-electron chi connectivity index (χ0n) is 14.3. The van der Waals surface area contributed by atoms with Gasteiger partial charge in [-0.1, -0.05) is 18.2 Å². The van der Waals surface area contributed by atoms with E-state index in [2.05, 4.69) is 36.8 Å². The minimum atomic E-state index is -3.66. The van der Waals surface area contributed by atoms with Crippen molar-refractivity contribution in [3.05, 3.63) is 75.8 Å². The zero-order chi connectivity index (χ0) is 19.9. The highest BCUT2D eigenvalue weighted by Gasteiger charge is 2.22. The van der Waals surface area contributed by atoms with Crippen LogP contribution in [0, 0.1) is 0 Å². The van der Waals surface area contributed by atoms with Crippen LogP contribution in [0.5, 0.6) is 11.5 Å². The Labute approximate surface area is 178 Å². The van der Waals surface area contributed by atoms with Crippen LogP contribution in [0.4, 0.5) is 5.69 Å². The Balaban J connectivity index is 1.81. The smallest absolute Gasteiger partial charge is 0.208 e. The van der Waals surface area contributed by atoms with E-state index < -0.39 is 9.84 Å². The maximum absolute atomic E-state index is 13.0. The summed E-state index contributed by atoms with van der Waals surface area (Å²) in [5, 5.41) is 0.553. The van der Waals surface area contributed by atoms with Crippen molar-refractivity contribution >= 4 is 58.3 Å². The van der Waals surface area contributed by atoms with Crippen molar-refractivity contribution in [2.75, 3.05) is 5.73 Å². The lowest BCUT2D eigenvalue weighted by Crippen LogP contribution is -2.00. The highest BCUT2D eigenvalue weighted by molar-refractivity contribution is 9.11. The summed E-state index contributed by atoms with van der Waals surface area (Å²) in [5.41, 5.74) is 7.17. The van der Waals surface area contributed by atoms with E-state index >= 15 is 0 Å². The summed E-state index contributed by atoms with van der Waals surface area (Å²) in [4.78, 5) is 3.45. The molecular weight excluding hydrogens is 508 g/mol. The molecule has 0 aliphatic rings. The van der Waals surface area contributed by atoms with Gasteiger partial charge in [0, 0.05) is 22.8 Å². The first-order valence-electron chi connectivity index (χ1n) is 8.20. The molecule has 0 bridgehead atoms. The van der Waals surface area contributed by atoms with Crippen LogP contribution >= 0.6 is 31.9 Å². The Morgan fingerprint density at radius 1 is 0.964 bits per heavy atom. The Hall–Kier alpha value is -2.29. The molecule has 8 heteroatoms. The largest absolute Gasteiger partial charge is 0.455 e. The van der Waals surface area contributed by atoms with Crippen molar-refractivity contribution in [2.45, 2.75) is 9.79 Å². The average Bonchev–Trinajstić information content (AvgIpc) is 3.13. The van der Waals surface area contributed by atoms with Crippen LogP contribution in [0.2, 0.25) is 0 Å². The predicted octanol–water partition coefficient (Wildman–Crippen LogP) is 5.90. The van der Waals surface area contributed by atoms with Gasteiger partial charge in [0.1, 0.15) is 5.75 Å². The number of hydrogen-bond donors (Lipinski definition) is 2. The van der Waals surface area contributed by atoms with Crippen molar-refractivity contribution in [3.8, 4) is 11.5 Å². The summed E-state index contributed by atoms with van der Waals surface area (Å²) in [6.45, 7) is 0. The van der Waals surface area contributed by atoms with Gasteiger partial charge in [-0.15, -0.1) is 0 Å². The van der Waals surface area contributed by atoms with E-state index in [1.807, 2.05) is 0 Å². The molecule has 0 atom stereocenters. The van der Waals surface area contributed by atoms with E-state index in [1.54, 1.807) is 60.7 Å². The third kappa shape index (κ3) is 3.32. The molecule has 5 nitrogen and oxygen atoms in total. The van der Waals surface area contributed by atoms with Gasteiger partial charge in [-0.2, -0.15) is 0 Å². The molecular formula is C20H14Br2N2O3S. The predicted molar refractivity (Wildman–Crippen MR) is 117 cm³/mol. The molecule has 0 spiro atoms. The highest BCUT2D eigenvalue weighted by atomic mass is 79.9. The van der Waals surface area contributed by atoms with E-state index in [1.165, 1.54) is 6.20 Å². The first-order chi connectivity index (χ1) is 13.4. The second-order valence-corrected chi connectivity index (χ2v) is 9.62. The number of aromatic nitrogens is 1. The summed E-state index contributed by atoms with van der Waals surface area (Å²) in [7, 11) is -3.66. The molecule has 4 rings (SSSR count). The van der Waals surface area contributed by atoms with Gasteiger partial charge in [0.05, 0.1) is 18.7 Å². The van der Waals surface area contributed by atoms with Crippen molar-refractivity contribution in [1.82, 2.24) is 4.98 Å². The number of hydrogen-bond acceptors (Lipinski definition) is 4. The molecule has 0 amide bonds. The summed E-state index contributed by atoms with van der Waals surface area (Å²) >= 11 is 6.87. The number of nitrogens with one attached hydrogen (secondary N) is 1. The van der Waals surface area contributed by atoms with Crippen molar-refractivity contribution in [2.24, 2.45) is 0 Å². The zero-order valence-corrected chi connectivity index (χ0v) is 18.3. The number of aromatic amines is 1. The first-order valence-corrected chi connectivity index (χ1v) is 11.3. The number of anilines is 1. The second kappa shape index (κ2) is 7.27. The van der Waals surface area contributed by atoms with Crippen LogP contribution in [0.3, 0.4) is 0 Å². The average molecular weight is 522 g/mol. The van der Waals surface area contributed by atoms with Gasteiger partial charge in [-0.25, -0.2) is 8.42 Å². The maximum atomic E-state index is 13.0. The van der Waals surface area contributed by atoms with Gasteiger partial charge in [-0.3, -0.25) is 0 Å². The fourth-order valence-electron chi connectivity index (χ4n) is 2.85. The summed E-state index contributed by atoms with van der Waals surface area (Å²) in [6.07, 6.45) is 1.50. The number of H-pyrrole nitrogens is 1. The van der Waals surface area contributed by atoms with Crippen LogP contribution in [0.25, 0.3) is 10.9 Å². The summed E-state index contributed by atoms with van der Waals surface area (Å²) in [6, 6.07) is 17.1. The molecule has 1 aromatic heterocycles. The number of benzene rings is 3. The molecule has 0 unspecified atom stereocenters. The molecule has 142 valence electrons. The lowest BCUT2D eigenvalue weighted by Gasteiger charge is -2.12. The minimum absolute atomic E-state index is 0.199. The number of ether oxygens (including phenoxy) is 1. The third-order valence-electron chi connectivity index (χ3n) is 4.26. The van der Waals surface area contributed by atoms with E-state index in [-0.39, 0.29) is 9.79 Å². The molecule has 0 fully saturated rings. The maximum Gasteiger partial charge on any atom is 0.208 e. The van der Waals surface area contributed by atoms with Crippen LogP contribution < -0.4 is 10.5 Å². The van der Waals surface area contributed by atoms with Gasteiger partial charge in [0.25, 0.3) is 0 Å². The quantitative estimate of drug-likeness (QED) is 0.327. The van der Waals surface area contributed by atoms with Crippen molar-refractivity contribution < 1.29 is 13.2 Å². The summed E-state index contributed by atoms with van der Waals surface area (Å²) in [5.74, 6) is 1.01. The molecule has 1 heterocycles. The van der Waals surface area contributed by atoms with E-state index in [0.717, 1.165) is 4.47 Å². The Kier molecular flexibility index (Phi) is 4.95. The van der Waals surface area contributed by atoms with Crippen molar-refractivity contribution in [3.63, 3.8) is 0 Å². The molecule has 3 aromatic carbocycles. The number of nitrogen functional groups attached to an aromatic ring is 1. The molecule has 0 aliphatic heterocycles. The standard InChI is InChI=1S/C20H14Br2N2O3S/c21-15-7-8-16(23)19(22)20(15)27-12-6-9-17-14(10-12)18(11-24-17)28(25,26)13-4-2-1-3-5-13/h1-11,24H,23H2. The normalized spacial score (nSPS) is 11.6. The molecule has 28 heavy (non-hydrogen) atoms. The molecule has 0 radical (unpaired) electrons. The highest BCUT2D eigenvalue weighted by Crippen LogP contribution is 2.41. The third-order valence-corrected chi connectivity index (χ3v) is 7.51. The van der Waals surface area contributed by atoms with E-state index in [9.17, 15) is 8.42 Å². The topological polar surface area (TPSA) is 85.2 Å². The fraction of sp³-hybridized carbons (Fsp3) is 0. The Morgan fingerprint density at radius 2 is 1.71 bits per heavy atom. The van der Waals surface area contributed by atoms with Crippen molar-refractivity contribution in [1.29, 1.82) is 0 Å². The van der Waals surface area contributed by atoms with Gasteiger partial charge in [-0.05, 0) is 74.3 Å². The van der Waals surface area contributed by atoms with E-state index in [4.69, 9.17) is 10.5 Å². The first kappa shape index (κ1) is 19.0. The van der Waals surface area contributed by atoms with E-state index in [0.29, 0.717) is 32.6 Å².